The lowest BCUT2D eigenvalue weighted by Gasteiger charge is -2.42. The van der Waals surface area contributed by atoms with Crippen LogP contribution in [0, 0.1) is 0 Å². The van der Waals surface area contributed by atoms with E-state index < -0.39 is 12.0 Å². The zero-order valence-corrected chi connectivity index (χ0v) is 6.95. The molecule has 2 heterocycles. The Morgan fingerprint density at radius 3 is 3.08 bits per heavy atom. The summed E-state index contributed by atoms with van der Waals surface area (Å²) >= 11 is 1.37. The highest BCUT2D eigenvalue weighted by atomic mass is 32.2. The molecule has 4 nitrogen and oxygen atoms in total. The van der Waals surface area contributed by atoms with Crippen molar-refractivity contribution in [2.75, 3.05) is 6.54 Å². The van der Waals surface area contributed by atoms with E-state index in [0.29, 0.717) is 0 Å². The van der Waals surface area contributed by atoms with Gasteiger partial charge in [0.1, 0.15) is 11.4 Å². The van der Waals surface area contributed by atoms with Crippen LogP contribution in [-0.4, -0.2) is 39.7 Å². The topological polar surface area (TPSA) is 57.6 Å². The molecule has 5 heteroatoms. The van der Waals surface area contributed by atoms with E-state index in [-0.39, 0.29) is 17.7 Å². The van der Waals surface area contributed by atoms with Crippen molar-refractivity contribution in [3.8, 4) is 0 Å². The molecule has 0 bridgehead atoms. The lowest BCUT2D eigenvalue weighted by molar-refractivity contribution is -0.147. The van der Waals surface area contributed by atoms with E-state index in [1.807, 2.05) is 0 Å². The van der Waals surface area contributed by atoms with Crippen LogP contribution in [0.4, 0.5) is 0 Å². The number of carbonyl (C=O) groups is 2. The van der Waals surface area contributed by atoms with Gasteiger partial charge in [-0.05, 0) is 11.5 Å². The maximum absolute atomic E-state index is 10.9. The normalized spacial score (nSPS) is 34.2. The van der Waals surface area contributed by atoms with Crippen molar-refractivity contribution in [2.24, 2.45) is 0 Å². The van der Waals surface area contributed by atoms with Gasteiger partial charge in [0, 0.05) is 0 Å². The van der Waals surface area contributed by atoms with E-state index >= 15 is 0 Å². The maximum Gasteiger partial charge on any atom is 0.325 e. The van der Waals surface area contributed by atoms with Gasteiger partial charge in [-0.1, -0.05) is 0 Å². The van der Waals surface area contributed by atoms with Crippen LogP contribution in [0.5, 0.6) is 0 Å². The number of ketones is 1. The Kier molecular flexibility index (Phi) is 1.69. The summed E-state index contributed by atoms with van der Waals surface area (Å²) in [5, 5.41) is 10.2. The molecule has 0 saturated carbocycles. The van der Waals surface area contributed by atoms with Crippen LogP contribution in [-0.2, 0) is 9.59 Å². The van der Waals surface area contributed by atoms with E-state index in [2.05, 4.69) is 0 Å². The number of nitrogens with zero attached hydrogens (tertiary/aromatic N) is 1. The highest BCUT2D eigenvalue weighted by Gasteiger charge is 2.45. The van der Waals surface area contributed by atoms with Crippen LogP contribution in [0.1, 0.15) is 0 Å². The molecule has 0 aromatic carbocycles. The lowest BCUT2D eigenvalue weighted by Crippen LogP contribution is -2.61. The summed E-state index contributed by atoms with van der Waals surface area (Å²) in [4.78, 5) is 23.3. The zero-order chi connectivity index (χ0) is 8.72. The number of hydrogen-bond acceptors (Lipinski definition) is 4. The highest BCUT2D eigenvalue weighted by molar-refractivity contribution is 8.03. The smallest absolute Gasteiger partial charge is 0.325 e. The summed E-state index contributed by atoms with van der Waals surface area (Å²) in [6.07, 6.45) is 1.61. The Morgan fingerprint density at radius 1 is 1.75 bits per heavy atom. The molecule has 0 aromatic heterocycles. The van der Waals surface area contributed by atoms with Crippen LogP contribution >= 0.6 is 11.8 Å². The quantitative estimate of drug-likeness (QED) is 0.618. The number of thioether (sulfide) groups is 1. The number of carboxylic acid groups (broad SMARTS) is 1. The molecule has 1 N–H and O–H groups in total. The van der Waals surface area contributed by atoms with Crippen molar-refractivity contribution in [1.29, 1.82) is 0 Å². The van der Waals surface area contributed by atoms with E-state index in [9.17, 15) is 9.59 Å². The van der Waals surface area contributed by atoms with Gasteiger partial charge in [0.25, 0.3) is 0 Å². The van der Waals surface area contributed by atoms with Gasteiger partial charge in [0.05, 0.1) is 6.54 Å². The first kappa shape index (κ1) is 7.82. The number of carboxylic acids is 1. The molecular weight excluding hydrogens is 178 g/mol. The van der Waals surface area contributed by atoms with Gasteiger partial charge in [-0.3, -0.25) is 14.5 Å². The Labute approximate surface area is 73.2 Å². The van der Waals surface area contributed by atoms with Gasteiger partial charge in [0.15, 0.2) is 5.78 Å². The van der Waals surface area contributed by atoms with Gasteiger partial charge >= 0.3 is 5.97 Å². The summed E-state index contributed by atoms with van der Waals surface area (Å²) in [5.41, 5.74) is 0. The molecule has 2 atom stereocenters. The molecule has 0 spiro atoms. The average Bonchev–Trinajstić information content (AvgIpc) is 2.02. The van der Waals surface area contributed by atoms with E-state index in [4.69, 9.17) is 5.11 Å². The summed E-state index contributed by atoms with van der Waals surface area (Å²) in [6.45, 7) is 0.277. The van der Waals surface area contributed by atoms with Gasteiger partial charge in [0.2, 0.25) is 0 Å². The van der Waals surface area contributed by atoms with E-state index in [0.717, 1.165) is 0 Å². The van der Waals surface area contributed by atoms with Gasteiger partial charge in [-0.15, -0.1) is 11.8 Å². The minimum atomic E-state index is -0.885. The second-order valence-electron chi connectivity index (χ2n) is 2.74. The predicted octanol–water partition coefficient (Wildman–Crippen LogP) is -0.0891. The fourth-order valence-electron chi connectivity index (χ4n) is 1.34. The molecule has 0 aliphatic carbocycles. The predicted molar refractivity (Wildman–Crippen MR) is 43.7 cm³/mol. The second-order valence-corrected chi connectivity index (χ2v) is 3.73. The average molecular weight is 185 g/mol. The third-order valence-corrected chi connectivity index (χ3v) is 3.10. The largest absolute Gasteiger partial charge is 0.480 e. The fraction of sp³-hybridized carbons (Fsp3) is 0.429. The standard InChI is InChI=1S/C7H7NO3S/c9-5-3-8-4(7(10)11)1-2-12-6(5)8/h1-2,4,6H,3H2,(H,10,11). The summed E-state index contributed by atoms with van der Waals surface area (Å²) in [6, 6.07) is -0.603. The summed E-state index contributed by atoms with van der Waals surface area (Å²) in [7, 11) is 0. The van der Waals surface area contributed by atoms with Crippen molar-refractivity contribution in [3.05, 3.63) is 11.5 Å². The van der Waals surface area contributed by atoms with Crippen LogP contribution in [0.2, 0.25) is 0 Å². The molecule has 0 aromatic rings. The van der Waals surface area contributed by atoms with Gasteiger partial charge in [-0.2, -0.15) is 0 Å². The Balaban J connectivity index is 2.18. The van der Waals surface area contributed by atoms with Crippen molar-refractivity contribution in [1.82, 2.24) is 4.90 Å². The van der Waals surface area contributed by atoms with Crippen LogP contribution in [0.3, 0.4) is 0 Å². The first-order valence-corrected chi connectivity index (χ1v) is 4.48. The number of hydrogen-bond donors (Lipinski definition) is 1. The lowest BCUT2D eigenvalue weighted by atomic mass is 10.1. The summed E-state index contributed by atoms with van der Waals surface area (Å²) < 4.78 is 0. The minimum absolute atomic E-state index is 0.121. The first-order valence-electron chi connectivity index (χ1n) is 3.53. The molecule has 0 radical (unpaired) electrons. The monoisotopic (exact) mass is 185 g/mol. The molecule has 2 aliphatic rings. The van der Waals surface area contributed by atoms with Gasteiger partial charge < -0.3 is 5.11 Å². The molecule has 2 unspecified atom stereocenters. The third-order valence-electron chi connectivity index (χ3n) is 1.99. The summed E-state index contributed by atoms with van der Waals surface area (Å²) in [5.74, 6) is -0.764. The van der Waals surface area contributed by atoms with E-state index in [1.54, 1.807) is 16.4 Å². The molecule has 2 rings (SSSR count). The van der Waals surface area contributed by atoms with Gasteiger partial charge in [-0.25, -0.2) is 0 Å². The molecule has 1 saturated heterocycles. The Morgan fingerprint density at radius 2 is 2.50 bits per heavy atom. The zero-order valence-electron chi connectivity index (χ0n) is 6.14. The van der Waals surface area contributed by atoms with Crippen molar-refractivity contribution in [3.63, 3.8) is 0 Å². The minimum Gasteiger partial charge on any atom is -0.480 e. The molecule has 12 heavy (non-hydrogen) atoms. The van der Waals surface area contributed by atoms with E-state index in [1.165, 1.54) is 11.8 Å². The van der Waals surface area contributed by atoms with Crippen molar-refractivity contribution >= 4 is 23.5 Å². The SMILES string of the molecule is O=C(O)C1C=CSC2C(=O)CN12. The first-order chi connectivity index (χ1) is 5.70. The fourth-order valence-corrected chi connectivity index (χ4v) is 2.32. The second kappa shape index (κ2) is 2.60. The number of fused-ring (bicyclic) bond motifs is 1. The molecular formula is C7H7NO3S. The van der Waals surface area contributed by atoms with Crippen LogP contribution < -0.4 is 0 Å². The molecule has 2 aliphatic heterocycles. The molecule has 64 valence electrons. The Bertz CT molecular complexity index is 276. The van der Waals surface area contributed by atoms with Crippen LogP contribution in [0.25, 0.3) is 0 Å². The van der Waals surface area contributed by atoms with Crippen molar-refractivity contribution in [2.45, 2.75) is 11.4 Å². The van der Waals surface area contributed by atoms with Crippen molar-refractivity contribution < 1.29 is 14.7 Å². The maximum atomic E-state index is 10.9. The Hall–Kier alpha value is -0.810. The third kappa shape index (κ3) is 0.971. The number of Topliss-reactive ketones (excluding diaryl/α,β-unsaturated/α-hetero) is 1. The molecule has 1 fully saturated rings. The number of carbonyl (C=O) groups excluding carboxylic acids is 1. The van der Waals surface area contributed by atoms with Crippen LogP contribution in [0.15, 0.2) is 11.5 Å². The highest BCUT2D eigenvalue weighted by Crippen LogP contribution is 2.32. The number of rotatable bonds is 1. The number of aliphatic carboxylic acids is 1. The molecule has 0 amide bonds.